The van der Waals surface area contributed by atoms with Crippen molar-refractivity contribution in [3.05, 3.63) is 35.8 Å². The van der Waals surface area contributed by atoms with Gasteiger partial charge in [-0.2, -0.15) is 0 Å². The summed E-state index contributed by atoms with van der Waals surface area (Å²) >= 11 is 0. The lowest BCUT2D eigenvalue weighted by molar-refractivity contribution is -0.174. The summed E-state index contributed by atoms with van der Waals surface area (Å²) < 4.78 is 13.6. The van der Waals surface area contributed by atoms with Gasteiger partial charge in [-0.1, -0.05) is 6.92 Å². The minimum Gasteiger partial charge on any atom is -0.390 e. The van der Waals surface area contributed by atoms with E-state index in [1.807, 2.05) is 13.1 Å². The second-order valence-electron chi connectivity index (χ2n) is 8.82. The molecule has 2 aromatic rings. The van der Waals surface area contributed by atoms with E-state index in [-0.39, 0.29) is 29.7 Å². The van der Waals surface area contributed by atoms with Gasteiger partial charge in [-0.3, -0.25) is 4.79 Å². The number of halogens is 1. The molecule has 2 aliphatic heterocycles. The van der Waals surface area contributed by atoms with Crippen molar-refractivity contribution in [2.24, 2.45) is 5.92 Å². The summed E-state index contributed by atoms with van der Waals surface area (Å²) in [6.45, 7) is 2.04. The number of piperidine rings is 2. The fraction of sp³-hybridized carbons (Fsp3) is 0.571. The lowest BCUT2D eigenvalue weighted by Gasteiger charge is -2.59. The first-order chi connectivity index (χ1) is 12.4. The van der Waals surface area contributed by atoms with Crippen LogP contribution in [0.1, 0.15) is 56.9 Å². The first kappa shape index (κ1) is 16.3. The molecule has 4 fully saturated rings. The molecule has 1 amide bonds. The molecule has 1 aromatic heterocycles. The maximum absolute atomic E-state index is 13.6. The van der Waals surface area contributed by atoms with Crippen molar-refractivity contribution in [1.82, 2.24) is 9.88 Å². The van der Waals surface area contributed by atoms with Gasteiger partial charge in [-0.15, -0.1) is 0 Å². The number of H-pyrrole nitrogens is 1. The van der Waals surface area contributed by atoms with Gasteiger partial charge in [0.1, 0.15) is 5.82 Å². The molecule has 4 bridgehead atoms. The highest BCUT2D eigenvalue weighted by atomic mass is 19.1. The van der Waals surface area contributed by atoms with Crippen LogP contribution in [0.25, 0.3) is 10.9 Å². The number of carbonyl (C=O) groups is 1. The van der Waals surface area contributed by atoms with Crippen LogP contribution in [0.15, 0.2) is 24.4 Å². The molecule has 26 heavy (non-hydrogen) atoms. The summed E-state index contributed by atoms with van der Waals surface area (Å²) in [5.41, 5.74) is 1.36. The molecule has 2 aliphatic carbocycles. The standard InChI is InChI=1S/C21H25FN2O2/c1-12(18-11-23-19-3-2-14(22)7-17(18)19)4-20(25)24-15-5-13-6-16(24)10-21(26,8-13)9-15/h2-3,7,11-13,15-16,23,26H,4-6,8-10H2,1H3. The zero-order valence-electron chi connectivity index (χ0n) is 15.0. The maximum Gasteiger partial charge on any atom is 0.223 e. The third-order valence-corrected chi connectivity index (χ3v) is 6.87. The van der Waals surface area contributed by atoms with Crippen LogP contribution in [0.5, 0.6) is 0 Å². The van der Waals surface area contributed by atoms with Crippen LogP contribution < -0.4 is 0 Å². The van der Waals surface area contributed by atoms with Gasteiger partial charge < -0.3 is 15.0 Å². The summed E-state index contributed by atoms with van der Waals surface area (Å²) in [6.07, 6.45) is 6.79. The molecule has 3 heterocycles. The monoisotopic (exact) mass is 356 g/mol. The number of aromatic amines is 1. The molecule has 0 spiro atoms. The Kier molecular flexibility index (Phi) is 3.48. The number of hydrogen-bond donors (Lipinski definition) is 2. The van der Waals surface area contributed by atoms with Crippen LogP contribution in [0.3, 0.4) is 0 Å². The largest absolute Gasteiger partial charge is 0.390 e. The highest BCUT2D eigenvalue weighted by Gasteiger charge is 2.54. The van der Waals surface area contributed by atoms with E-state index < -0.39 is 5.60 Å². The number of benzene rings is 1. The number of nitrogens with zero attached hydrogens (tertiary/aromatic N) is 1. The number of aliphatic hydroxyl groups is 1. The smallest absolute Gasteiger partial charge is 0.223 e. The topological polar surface area (TPSA) is 56.3 Å². The van der Waals surface area contributed by atoms with Gasteiger partial charge >= 0.3 is 0 Å². The van der Waals surface area contributed by atoms with Crippen LogP contribution in [-0.2, 0) is 4.79 Å². The number of rotatable bonds is 3. The van der Waals surface area contributed by atoms with Crippen molar-refractivity contribution in [1.29, 1.82) is 0 Å². The number of fused-ring (bicyclic) bond motifs is 1. The molecule has 2 saturated heterocycles. The summed E-state index contributed by atoms with van der Waals surface area (Å²) in [6, 6.07) is 5.13. The second-order valence-corrected chi connectivity index (χ2v) is 8.82. The van der Waals surface area contributed by atoms with Crippen molar-refractivity contribution in [3.8, 4) is 0 Å². The van der Waals surface area contributed by atoms with Gasteiger partial charge in [-0.25, -0.2) is 4.39 Å². The first-order valence-electron chi connectivity index (χ1n) is 9.72. The van der Waals surface area contributed by atoms with E-state index in [0.717, 1.165) is 48.6 Å². The predicted octanol–water partition coefficient (Wildman–Crippen LogP) is 3.71. The quantitative estimate of drug-likeness (QED) is 0.881. The van der Waals surface area contributed by atoms with Crippen molar-refractivity contribution < 1.29 is 14.3 Å². The zero-order chi connectivity index (χ0) is 18.1. The third kappa shape index (κ3) is 2.48. The van der Waals surface area contributed by atoms with Crippen molar-refractivity contribution >= 4 is 16.8 Å². The van der Waals surface area contributed by atoms with Gasteiger partial charge in [-0.05, 0) is 67.7 Å². The lowest BCUT2D eigenvalue weighted by Crippen LogP contribution is -2.65. The molecule has 3 unspecified atom stereocenters. The highest BCUT2D eigenvalue weighted by molar-refractivity contribution is 5.85. The van der Waals surface area contributed by atoms with Crippen LogP contribution in [-0.4, -0.2) is 38.6 Å². The lowest BCUT2D eigenvalue weighted by atomic mass is 9.61. The molecule has 0 radical (unpaired) electrons. The summed E-state index contributed by atoms with van der Waals surface area (Å²) in [5, 5.41) is 11.6. The second kappa shape index (κ2) is 5.56. The maximum atomic E-state index is 13.6. The fourth-order valence-electron chi connectivity index (χ4n) is 5.99. The minimum absolute atomic E-state index is 0.0262. The Bertz CT molecular complexity index is 860. The molecule has 4 aliphatic rings. The van der Waals surface area contributed by atoms with E-state index in [0.29, 0.717) is 12.3 Å². The van der Waals surface area contributed by atoms with Crippen LogP contribution in [0, 0.1) is 11.7 Å². The number of carbonyl (C=O) groups excluding carboxylic acids is 1. The Morgan fingerprint density at radius 3 is 2.77 bits per heavy atom. The van der Waals surface area contributed by atoms with Gasteiger partial charge in [0.25, 0.3) is 0 Å². The number of aromatic nitrogens is 1. The first-order valence-corrected chi connectivity index (χ1v) is 9.72. The molecular formula is C21H25FN2O2. The van der Waals surface area contributed by atoms with E-state index in [4.69, 9.17) is 0 Å². The number of amides is 1. The van der Waals surface area contributed by atoms with Crippen LogP contribution in [0.4, 0.5) is 4.39 Å². The Balaban J connectivity index is 1.36. The van der Waals surface area contributed by atoms with Gasteiger partial charge in [0.05, 0.1) is 5.60 Å². The van der Waals surface area contributed by atoms with Crippen molar-refractivity contribution in [2.75, 3.05) is 0 Å². The molecule has 2 N–H and O–H groups in total. The normalized spacial score (nSPS) is 33.8. The molecular weight excluding hydrogens is 331 g/mol. The Morgan fingerprint density at radius 2 is 2.08 bits per heavy atom. The molecule has 4 nitrogen and oxygen atoms in total. The highest BCUT2D eigenvalue weighted by Crippen LogP contribution is 2.51. The van der Waals surface area contributed by atoms with Gasteiger partial charge in [0.15, 0.2) is 0 Å². The van der Waals surface area contributed by atoms with Gasteiger partial charge in [0, 0.05) is 35.6 Å². The summed E-state index contributed by atoms with van der Waals surface area (Å²) in [4.78, 5) is 18.4. The third-order valence-electron chi connectivity index (χ3n) is 6.87. The fourth-order valence-corrected chi connectivity index (χ4v) is 5.99. The Hall–Kier alpha value is -1.88. The van der Waals surface area contributed by atoms with E-state index in [9.17, 15) is 14.3 Å². The van der Waals surface area contributed by atoms with E-state index in [1.54, 1.807) is 12.1 Å². The van der Waals surface area contributed by atoms with E-state index >= 15 is 0 Å². The molecule has 6 rings (SSSR count). The SMILES string of the molecule is CC(CC(=O)N1C2CC3CC1CC(O)(C3)C2)c1c[nH]c2ccc(F)cc12. The molecule has 5 heteroatoms. The molecule has 1 aromatic carbocycles. The predicted molar refractivity (Wildman–Crippen MR) is 97.2 cm³/mol. The van der Waals surface area contributed by atoms with E-state index in [2.05, 4.69) is 9.88 Å². The summed E-state index contributed by atoms with van der Waals surface area (Å²) in [7, 11) is 0. The zero-order valence-corrected chi connectivity index (χ0v) is 15.0. The average molecular weight is 356 g/mol. The number of hydrogen-bond acceptors (Lipinski definition) is 2. The van der Waals surface area contributed by atoms with Crippen LogP contribution in [0.2, 0.25) is 0 Å². The van der Waals surface area contributed by atoms with Gasteiger partial charge in [0.2, 0.25) is 5.91 Å². The van der Waals surface area contributed by atoms with E-state index in [1.165, 1.54) is 6.07 Å². The van der Waals surface area contributed by atoms with Crippen molar-refractivity contribution in [3.63, 3.8) is 0 Å². The molecule has 138 valence electrons. The molecule has 2 saturated carbocycles. The van der Waals surface area contributed by atoms with Crippen molar-refractivity contribution in [2.45, 2.75) is 69.1 Å². The average Bonchev–Trinajstić information content (AvgIpc) is 2.95. The Morgan fingerprint density at radius 1 is 1.35 bits per heavy atom. The Labute approximate surface area is 152 Å². The number of nitrogens with one attached hydrogen (secondary N) is 1. The van der Waals surface area contributed by atoms with Crippen LogP contribution >= 0.6 is 0 Å². The molecule has 3 atom stereocenters. The minimum atomic E-state index is -0.534. The summed E-state index contributed by atoms with van der Waals surface area (Å²) in [5.74, 6) is 0.532.